The molecule has 0 saturated heterocycles. The number of anilines is 2. The number of hydrogen-bond acceptors (Lipinski definition) is 2. The number of aromatic nitrogens is 1. The molecular formula is C64H48N2O. The molecule has 3 heteroatoms. The van der Waals surface area contributed by atoms with Gasteiger partial charge in [0.25, 0.3) is 0 Å². The lowest BCUT2D eigenvalue weighted by atomic mass is 9.97. The number of rotatable bonds is 9. The molecule has 2 aromatic heterocycles. The highest BCUT2D eigenvalue weighted by molar-refractivity contribution is 6.16. The van der Waals surface area contributed by atoms with Crippen molar-refractivity contribution >= 4 is 72.3 Å². The summed E-state index contributed by atoms with van der Waals surface area (Å²) in [6.45, 7) is 10.9. The molecule has 67 heavy (non-hydrogen) atoms. The van der Waals surface area contributed by atoms with Crippen LogP contribution in [0, 0.1) is 0 Å². The molecule has 1 aliphatic carbocycles. The molecule has 2 heterocycles. The van der Waals surface area contributed by atoms with E-state index >= 15 is 0 Å². The number of benzene rings is 8. The Balaban J connectivity index is 1.02. The van der Waals surface area contributed by atoms with E-state index in [1.165, 1.54) is 33.0 Å². The second-order valence-electron chi connectivity index (χ2n) is 17.1. The largest absolute Gasteiger partial charge is 0.456 e. The molecule has 1 aliphatic rings. The number of hydrogen-bond donors (Lipinski definition) is 0. The Bertz CT molecular complexity index is 3700. The molecule has 0 amide bonds. The van der Waals surface area contributed by atoms with Crippen LogP contribution in [-0.2, 0) is 6.42 Å². The minimum Gasteiger partial charge on any atom is -0.456 e. The van der Waals surface area contributed by atoms with Crippen molar-refractivity contribution in [2.45, 2.75) is 13.3 Å². The summed E-state index contributed by atoms with van der Waals surface area (Å²) in [6.07, 6.45) is 18.1. The molecule has 3 nitrogen and oxygen atoms in total. The fourth-order valence-corrected chi connectivity index (χ4v) is 9.56. The van der Waals surface area contributed by atoms with Crippen LogP contribution < -0.4 is 4.90 Å². The van der Waals surface area contributed by atoms with Crippen LogP contribution in [0.5, 0.6) is 0 Å². The Morgan fingerprint density at radius 3 is 2.21 bits per heavy atom. The second-order valence-corrected chi connectivity index (χ2v) is 17.1. The maximum atomic E-state index is 6.24. The maximum Gasteiger partial charge on any atom is 0.135 e. The van der Waals surface area contributed by atoms with Crippen molar-refractivity contribution in [2.24, 2.45) is 0 Å². The van der Waals surface area contributed by atoms with Crippen LogP contribution in [0.4, 0.5) is 11.4 Å². The number of furan rings is 1. The molecule has 8 aromatic carbocycles. The minimum absolute atomic E-state index is 0.850. The predicted molar refractivity (Wildman–Crippen MR) is 286 cm³/mol. The van der Waals surface area contributed by atoms with Crippen molar-refractivity contribution in [3.05, 3.63) is 277 Å². The second kappa shape index (κ2) is 17.7. The van der Waals surface area contributed by atoms with Crippen molar-refractivity contribution in [3.63, 3.8) is 0 Å². The first-order valence-corrected chi connectivity index (χ1v) is 22.9. The van der Waals surface area contributed by atoms with Gasteiger partial charge < -0.3 is 13.9 Å². The van der Waals surface area contributed by atoms with Gasteiger partial charge in [0.1, 0.15) is 11.2 Å². The first kappa shape index (κ1) is 41.1. The zero-order valence-electron chi connectivity index (χ0n) is 37.4. The smallest absolute Gasteiger partial charge is 0.135 e. The number of para-hydroxylation sites is 2. The van der Waals surface area contributed by atoms with Crippen molar-refractivity contribution in [1.82, 2.24) is 4.57 Å². The topological polar surface area (TPSA) is 21.3 Å². The summed E-state index contributed by atoms with van der Waals surface area (Å²) in [6, 6.07) is 67.0. The van der Waals surface area contributed by atoms with Gasteiger partial charge in [-0.3, -0.25) is 0 Å². The monoisotopic (exact) mass is 860 g/mol. The Morgan fingerprint density at radius 2 is 1.34 bits per heavy atom. The lowest BCUT2D eigenvalue weighted by molar-refractivity contribution is 0.669. The van der Waals surface area contributed by atoms with E-state index in [9.17, 15) is 0 Å². The first-order valence-electron chi connectivity index (χ1n) is 22.9. The third-order valence-electron chi connectivity index (χ3n) is 12.9. The molecule has 0 atom stereocenters. The third-order valence-corrected chi connectivity index (χ3v) is 12.9. The Morgan fingerprint density at radius 1 is 0.597 bits per heavy atom. The molecule has 0 radical (unpaired) electrons. The highest BCUT2D eigenvalue weighted by Gasteiger charge is 2.20. The summed E-state index contributed by atoms with van der Waals surface area (Å²) in [5, 5.41) is 4.62. The predicted octanol–water partition coefficient (Wildman–Crippen LogP) is 17.4. The summed E-state index contributed by atoms with van der Waals surface area (Å²) < 4.78 is 8.63. The first-order chi connectivity index (χ1) is 33.0. The summed E-state index contributed by atoms with van der Waals surface area (Å²) in [7, 11) is 0. The van der Waals surface area contributed by atoms with Gasteiger partial charge in [-0.05, 0) is 142 Å². The van der Waals surface area contributed by atoms with E-state index in [2.05, 4.69) is 248 Å². The summed E-state index contributed by atoms with van der Waals surface area (Å²) in [4.78, 5) is 2.30. The van der Waals surface area contributed by atoms with Gasteiger partial charge in [-0.1, -0.05) is 171 Å². The van der Waals surface area contributed by atoms with Gasteiger partial charge in [-0.15, -0.1) is 0 Å². The molecule has 10 aromatic rings. The fraction of sp³-hybridized carbons (Fsp3) is 0.0312. The molecule has 0 N–H and O–H groups in total. The van der Waals surface area contributed by atoms with Gasteiger partial charge >= 0.3 is 0 Å². The SMILES string of the molecule is C=C/C(=C\C=C(/C)c1ccccc1)N(c1ccc(C2=C/C(=C)/C=C\c3ccccc3C/C=C\2)cc1)c1cccc(-c2cccc3c2c2ccccc2n3-c2ccc3oc4ccccc4c3c2)c1. The third kappa shape index (κ3) is 7.87. The molecule has 0 spiro atoms. The minimum atomic E-state index is 0.850. The van der Waals surface area contributed by atoms with Gasteiger partial charge in [0.05, 0.1) is 11.0 Å². The van der Waals surface area contributed by atoms with E-state index in [4.69, 9.17) is 4.42 Å². The molecule has 0 unspecified atom stereocenters. The van der Waals surface area contributed by atoms with Crippen LogP contribution in [0.2, 0.25) is 0 Å². The van der Waals surface area contributed by atoms with Gasteiger partial charge in [0, 0.05) is 44.3 Å². The van der Waals surface area contributed by atoms with Gasteiger partial charge in [0.15, 0.2) is 0 Å². The van der Waals surface area contributed by atoms with Crippen molar-refractivity contribution in [3.8, 4) is 16.8 Å². The lowest BCUT2D eigenvalue weighted by Gasteiger charge is -2.27. The number of allylic oxidation sites excluding steroid dienone is 10. The molecule has 11 rings (SSSR count). The standard InChI is InChI=1S/C64H48N2O/c1-4-52(36-32-45(3)46-17-6-5-7-18-46)65(53-37-34-49(35-38-53)50-22-14-21-47-19-8-9-20-48(47)33-31-44(2)41-50)54-24-15-23-51(42-54)56-27-16-29-61-64(56)58-26-10-12-28-60(58)66(61)55-39-40-63-59(43-55)57-25-11-13-30-62(57)67-63/h4-20,22-43H,1-2,21H2,3H3/b22-14-,33-31-,45-32+,50-41+,52-36+. The molecule has 0 saturated carbocycles. The molecule has 0 bridgehead atoms. The van der Waals surface area contributed by atoms with E-state index in [0.717, 1.165) is 90.0 Å². The molecule has 320 valence electrons. The van der Waals surface area contributed by atoms with Gasteiger partial charge in [-0.25, -0.2) is 0 Å². The zero-order valence-corrected chi connectivity index (χ0v) is 37.4. The van der Waals surface area contributed by atoms with Crippen molar-refractivity contribution in [1.29, 1.82) is 0 Å². The van der Waals surface area contributed by atoms with Gasteiger partial charge in [0.2, 0.25) is 0 Å². The van der Waals surface area contributed by atoms with Gasteiger partial charge in [-0.2, -0.15) is 0 Å². The Labute approximate surface area is 391 Å². The summed E-state index contributed by atoms with van der Waals surface area (Å²) >= 11 is 0. The molecular weight excluding hydrogens is 813 g/mol. The summed E-state index contributed by atoms with van der Waals surface area (Å²) in [5.41, 5.74) is 18.5. The van der Waals surface area contributed by atoms with Crippen molar-refractivity contribution in [2.75, 3.05) is 4.90 Å². The van der Waals surface area contributed by atoms with Crippen LogP contribution in [0.15, 0.2) is 259 Å². The average molecular weight is 861 g/mol. The van der Waals surface area contributed by atoms with Crippen LogP contribution in [0.3, 0.4) is 0 Å². The van der Waals surface area contributed by atoms with Crippen LogP contribution in [0.25, 0.3) is 77.8 Å². The number of fused-ring (bicyclic) bond motifs is 7. The molecule has 0 aliphatic heterocycles. The maximum absolute atomic E-state index is 6.24. The Kier molecular flexibility index (Phi) is 10.9. The van der Waals surface area contributed by atoms with E-state index < -0.39 is 0 Å². The zero-order chi connectivity index (χ0) is 45.3. The van der Waals surface area contributed by atoms with E-state index in [1.807, 2.05) is 18.2 Å². The highest BCUT2D eigenvalue weighted by atomic mass is 16.3. The highest BCUT2D eigenvalue weighted by Crippen LogP contribution is 2.42. The normalized spacial score (nSPS) is 15.1. The Hall–Kier alpha value is -8.66. The van der Waals surface area contributed by atoms with E-state index in [1.54, 1.807) is 0 Å². The van der Waals surface area contributed by atoms with Crippen LogP contribution >= 0.6 is 0 Å². The van der Waals surface area contributed by atoms with E-state index in [-0.39, 0.29) is 0 Å². The summed E-state index contributed by atoms with van der Waals surface area (Å²) in [5.74, 6) is 0. The van der Waals surface area contributed by atoms with Crippen molar-refractivity contribution < 1.29 is 4.42 Å². The van der Waals surface area contributed by atoms with Crippen LogP contribution in [-0.4, -0.2) is 4.57 Å². The average Bonchev–Trinajstić information content (AvgIpc) is 3.93. The lowest BCUT2D eigenvalue weighted by Crippen LogP contribution is -2.15. The van der Waals surface area contributed by atoms with Crippen LogP contribution in [0.1, 0.15) is 29.2 Å². The number of nitrogens with zero attached hydrogens (tertiary/aromatic N) is 2. The quantitative estimate of drug-likeness (QED) is 0.135. The molecule has 0 fully saturated rings. The van der Waals surface area contributed by atoms with E-state index in [0.29, 0.717) is 0 Å². The fourth-order valence-electron chi connectivity index (χ4n) is 9.56.